The van der Waals surface area contributed by atoms with Crippen LogP contribution >= 0.6 is 11.6 Å². The van der Waals surface area contributed by atoms with Crippen LogP contribution in [-0.2, 0) is 0 Å². The van der Waals surface area contributed by atoms with Crippen molar-refractivity contribution in [2.45, 2.75) is 12.5 Å². The SMILES string of the molecule is CN(C)C1CCN(c2cc(Cl)ccc2C#N)C1. The fourth-order valence-electron chi connectivity index (χ4n) is 2.24. The maximum atomic E-state index is 9.11. The fraction of sp³-hybridized carbons (Fsp3) is 0.462. The van der Waals surface area contributed by atoms with E-state index in [1.54, 1.807) is 12.1 Å². The average molecular weight is 250 g/mol. The summed E-state index contributed by atoms with van der Waals surface area (Å²) in [5, 5.41) is 9.80. The summed E-state index contributed by atoms with van der Waals surface area (Å²) in [6.45, 7) is 1.94. The van der Waals surface area contributed by atoms with Gasteiger partial charge in [-0.2, -0.15) is 5.26 Å². The van der Waals surface area contributed by atoms with Crippen LogP contribution in [0.15, 0.2) is 18.2 Å². The molecule has 1 aliphatic rings. The van der Waals surface area contributed by atoms with Crippen LogP contribution in [0.5, 0.6) is 0 Å². The Bertz CT molecular complexity index is 450. The van der Waals surface area contributed by atoms with Gasteiger partial charge >= 0.3 is 0 Å². The lowest BCUT2D eigenvalue weighted by molar-refractivity contribution is 0.315. The molecule has 0 saturated carbocycles. The molecule has 4 heteroatoms. The number of hydrogen-bond donors (Lipinski definition) is 0. The third-order valence-corrected chi connectivity index (χ3v) is 3.55. The predicted octanol–water partition coefficient (Wildman–Crippen LogP) is 2.35. The van der Waals surface area contributed by atoms with E-state index in [4.69, 9.17) is 16.9 Å². The van der Waals surface area contributed by atoms with E-state index in [-0.39, 0.29) is 0 Å². The van der Waals surface area contributed by atoms with Crippen molar-refractivity contribution in [2.75, 3.05) is 32.1 Å². The molecule has 1 atom stereocenters. The number of hydrogen-bond acceptors (Lipinski definition) is 3. The number of nitrogens with zero attached hydrogens (tertiary/aromatic N) is 3. The summed E-state index contributed by atoms with van der Waals surface area (Å²) in [6, 6.07) is 8.23. The molecule has 1 aliphatic heterocycles. The molecule has 0 radical (unpaired) electrons. The Morgan fingerprint density at radius 1 is 1.47 bits per heavy atom. The monoisotopic (exact) mass is 249 g/mol. The van der Waals surface area contributed by atoms with Gasteiger partial charge in [-0.15, -0.1) is 0 Å². The van der Waals surface area contributed by atoms with Crippen LogP contribution in [-0.4, -0.2) is 38.1 Å². The first kappa shape index (κ1) is 12.2. The largest absolute Gasteiger partial charge is 0.369 e. The summed E-state index contributed by atoms with van der Waals surface area (Å²) in [5.41, 5.74) is 1.66. The maximum Gasteiger partial charge on any atom is 0.101 e. The van der Waals surface area contributed by atoms with Crippen LogP contribution in [0.1, 0.15) is 12.0 Å². The van der Waals surface area contributed by atoms with E-state index in [0.717, 1.165) is 25.2 Å². The Balaban J connectivity index is 2.24. The fourth-order valence-corrected chi connectivity index (χ4v) is 2.41. The molecule has 1 aromatic rings. The van der Waals surface area contributed by atoms with Crippen LogP contribution in [0.2, 0.25) is 5.02 Å². The molecule has 0 amide bonds. The molecule has 1 saturated heterocycles. The predicted molar refractivity (Wildman–Crippen MR) is 70.5 cm³/mol. The Hall–Kier alpha value is -1.24. The molecule has 1 heterocycles. The molecule has 0 aliphatic carbocycles. The van der Waals surface area contributed by atoms with Crippen molar-refractivity contribution < 1.29 is 0 Å². The molecule has 1 unspecified atom stereocenters. The van der Waals surface area contributed by atoms with Crippen LogP contribution in [0.3, 0.4) is 0 Å². The second-order valence-corrected chi connectivity index (χ2v) is 5.06. The van der Waals surface area contributed by atoms with Gasteiger partial charge < -0.3 is 9.80 Å². The van der Waals surface area contributed by atoms with Crippen LogP contribution in [0.25, 0.3) is 0 Å². The smallest absolute Gasteiger partial charge is 0.101 e. The third kappa shape index (κ3) is 2.54. The molecule has 0 N–H and O–H groups in total. The zero-order valence-electron chi connectivity index (χ0n) is 10.2. The standard InChI is InChI=1S/C13H16ClN3/c1-16(2)12-5-6-17(9-12)13-7-11(14)4-3-10(13)8-15/h3-4,7,12H,5-6,9H2,1-2H3. The van der Waals surface area contributed by atoms with Gasteiger partial charge in [0, 0.05) is 24.2 Å². The quantitative estimate of drug-likeness (QED) is 0.806. The molecule has 17 heavy (non-hydrogen) atoms. The minimum atomic E-state index is 0.556. The van der Waals surface area contributed by atoms with Gasteiger partial charge in [0.25, 0.3) is 0 Å². The lowest BCUT2D eigenvalue weighted by Gasteiger charge is -2.22. The summed E-state index contributed by atoms with van der Waals surface area (Å²) < 4.78 is 0. The lowest BCUT2D eigenvalue weighted by Crippen LogP contribution is -2.31. The number of likely N-dealkylation sites (N-methyl/N-ethyl adjacent to an activating group) is 1. The molecule has 0 aromatic heterocycles. The second-order valence-electron chi connectivity index (χ2n) is 4.63. The van der Waals surface area contributed by atoms with E-state index in [1.165, 1.54) is 0 Å². The summed E-state index contributed by atoms with van der Waals surface area (Å²) >= 11 is 6.00. The highest BCUT2D eigenvalue weighted by atomic mass is 35.5. The Labute approximate surface area is 107 Å². The summed E-state index contributed by atoms with van der Waals surface area (Å²) in [6.07, 6.45) is 1.13. The van der Waals surface area contributed by atoms with Crippen molar-refractivity contribution in [1.82, 2.24) is 4.90 Å². The average Bonchev–Trinajstić information content (AvgIpc) is 2.78. The molecule has 1 aromatic carbocycles. The third-order valence-electron chi connectivity index (χ3n) is 3.31. The minimum Gasteiger partial charge on any atom is -0.369 e. The molecule has 90 valence electrons. The number of benzene rings is 1. The highest BCUT2D eigenvalue weighted by molar-refractivity contribution is 6.30. The molecule has 2 rings (SSSR count). The van der Waals surface area contributed by atoms with E-state index in [2.05, 4.69) is 30.0 Å². The summed E-state index contributed by atoms with van der Waals surface area (Å²) in [4.78, 5) is 4.48. The number of nitriles is 1. The topological polar surface area (TPSA) is 30.3 Å². The van der Waals surface area contributed by atoms with Gasteiger partial charge in [0.1, 0.15) is 6.07 Å². The summed E-state index contributed by atoms with van der Waals surface area (Å²) in [7, 11) is 4.19. The summed E-state index contributed by atoms with van der Waals surface area (Å²) in [5.74, 6) is 0. The number of anilines is 1. The first-order valence-electron chi connectivity index (χ1n) is 5.73. The van der Waals surface area contributed by atoms with E-state index in [1.807, 2.05) is 6.07 Å². The van der Waals surface area contributed by atoms with Gasteiger partial charge in [-0.25, -0.2) is 0 Å². The van der Waals surface area contributed by atoms with E-state index < -0.39 is 0 Å². The Kier molecular flexibility index (Phi) is 3.56. The Morgan fingerprint density at radius 3 is 2.82 bits per heavy atom. The number of rotatable bonds is 2. The van der Waals surface area contributed by atoms with Crippen molar-refractivity contribution in [3.63, 3.8) is 0 Å². The van der Waals surface area contributed by atoms with E-state index >= 15 is 0 Å². The molecule has 3 nitrogen and oxygen atoms in total. The van der Waals surface area contributed by atoms with Crippen LogP contribution in [0, 0.1) is 11.3 Å². The van der Waals surface area contributed by atoms with Crippen molar-refractivity contribution >= 4 is 17.3 Å². The van der Waals surface area contributed by atoms with Gasteiger partial charge in [0.05, 0.1) is 11.3 Å². The molecular formula is C13H16ClN3. The van der Waals surface area contributed by atoms with Gasteiger partial charge in [-0.05, 0) is 38.7 Å². The highest BCUT2D eigenvalue weighted by Crippen LogP contribution is 2.28. The van der Waals surface area contributed by atoms with Crippen molar-refractivity contribution in [2.24, 2.45) is 0 Å². The minimum absolute atomic E-state index is 0.556. The first-order valence-corrected chi connectivity index (χ1v) is 6.10. The van der Waals surface area contributed by atoms with Crippen LogP contribution < -0.4 is 4.90 Å². The van der Waals surface area contributed by atoms with Gasteiger partial charge in [0.15, 0.2) is 0 Å². The number of halogens is 1. The zero-order chi connectivity index (χ0) is 12.4. The van der Waals surface area contributed by atoms with Gasteiger partial charge in [-0.3, -0.25) is 0 Å². The maximum absolute atomic E-state index is 9.11. The molecule has 0 spiro atoms. The normalized spacial score (nSPS) is 19.7. The van der Waals surface area contributed by atoms with Crippen molar-refractivity contribution in [1.29, 1.82) is 5.26 Å². The van der Waals surface area contributed by atoms with Crippen molar-refractivity contribution in [3.05, 3.63) is 28.8 Å². The lowest BCUT2D eigenvalue weighted by atomic mass is 10.2. The zero-order valence-corrected chi connectivity index (χ0v) is 10.9. The van der Waals surface area contributed by atoms with Gasteiger partial charge in [-0.1, -0.05) is 11.6 Å². The second kappa shape index (κ2) is 4.95. The van der Waals surface area contributed by atoms with E-state index in [9.17, 15) is 0 Å². The first-order chi connectivity index (χ1) is 8.11. The highest BCUT2D eigenvalue weighted by Gasteiger charge is 2.25. The van der Waals surface area contributed by atoms with Crippen molar-refractivity contribution in [3.8, 4) is 6.07 Å². The van der Waals surface area contributed by atoms with Crippen LogP contribution in [0.4, 0.5) is 5.69 Å². The molecule has 0 bridgehead atoms. The molecule has 1 fully saturated rings. The van der Waals surface area contributed by atoms with E-state index in [0.29, 0.717) is 16.6 Å². The van der Waals surface area contributed by atoms with Gasteiger partial charge in [0.2, 0.25) is 0 Å². The molecular weight excluding hydrogens is 234 g/mol. The Morgan fingerprint density at radius 2 is 2.24 bits per heavy atom.